The van der Waals surface area contributed by atoms with Crippen molar-refractivity contribution in [1.29, 1.82) is 0 Å². The van der Waals surface area contributed by atoms with Crippen molar-refractivity contribution < 1.29 is 9.21 Å². The first-order chi connectivity index (χ1) is 9.15. The SMILES string of the molecule is CC(C)CC(=O)NCc1nnc(-c2ccccn2)o1. The van der Waals surface area contributed by atoms with Crippen molar-refractivity contribution in [2.75, 3.05) is 0 Å². The molecule has 0 aliphatic carbocycles. The van der Waals surface area contributed by atoms with E-state index in [2.05, 4.69) is 20.5 Å². The molecular formula is C13H16N4O2. The number of nitrogens with zero attached hydrogens (tertiary/aromatic N) is 3. The molecule has 0 aliphatic heterocycles. The van der Waals surface area contributed by atoms with E-state index in [1.807, 2.05) is 26.0 Å². The van der Waals surface area contributed by atoms with Crippen LogP contribution in [0.1, 0.15) is 26.2 Å². The average molecular weight is 260 g/mol. The van der Waals surface area contributed by atoms with Crippen LogP contribution in [0, 0.1) is 5.92 Å². The third-order valence-corrected chi connectivity index (χ3v) is 2.38. The number of carbonyl (C=O) groups excluding carboxylic acids is 1. The average Bonchev–Trinajstić information content (AvgIpc) is 2.85. The van der Waals surface area contributed by atoms with Gasteiger partial charge in [0.1, 0.15) is 5.69 Å². The third-order valence-electron chi connectivity index (χ3n) is 2.38. The van der Waals surface area contributed by atoms with Gasteiger partial charge in [0.2, 0.25) is 11.8 Å². The number of rotatable bonds is 5. The first-order valence-electron chi connectivity index (χ1n) is 6.15. The van der Waals surface area contributed by atoms with Gasteiger partial charge >= 0.3 is 0 Å². The topological polar surface area (TPSA) is 80.9 Å². The van der Waals surface area contributed by atoms with Gasteiger partial charge in [0.15, 0.2) is 0 Å². The maximum atomic E-state index is 11.5. The largest absolute Gasteiger partial charge is 0.417 e. The molecule has 0 aromatic carbocycles. The summed E-state index contributed by atoms with van der Waals surface area (Å²) in [5.74, 6) is 1.03. The molecule has 0 unspecified atom stereocenters. The van der Waals surface area contributed by atoms with Crippen molar-refractivity contribution >= 4 is 5.91 Å². The molecule has 0 saturated heterocycles. The fraction of sp³-hybridized carbons (Fsp3) is 0.385. The van der Waals surface area contributed by atoms with Crippen LogP contribution >= 0.6 is 0 Å². The zero-order valence-electron chi connectivity index (χ0n) is 11.0. The second kappa shape index (κ2) is 6.08. The Morgan fingerprint density at radius 3 is 2.89 bits per heavy atom. The molecule has 0 saturated carbocycles. The van der Waals surface area contributed by atoms with Crippen molar-refractivity contribution in [2.24, 2.45) is 5.92 Å². The monoisotopic (exact) mass is 260 g/mol. The van der Waals surface area contributed by atoms with Gasteiger partial charge in [0.05, 0.1) is 6.54 Å². The van der Waals surface area contributed by atoms with Crippen LogP contribution in [0.25, 0.3) is 11.6 Å². The first kappa shape index (κ1) is 13.2. The number of aromatic nitrogens is 3. The van der Waals surface area contributed by atoms with Gasteiger partial charge in [-0.1, -0.05) is 19.9 Å². The van der Waals surface area contributed by atoms with E-state index in [9.17, 15) is 4.79 Å². The quantitative estimate of drug-likeness (QED) is 0.886. The highest BCUT2D eigenvalue weighted by molar-refractivity contribution is 5.75. The molecule has 2 rings (SSSR count). The first-order valence-corrected chi connectivity index (χ1v) is 6.15. The van der Waals surface area contributed by atoms with Gasteiger partial charge in [0.25, 0.3) is 5.89 Å². The molecule has 2 aromatic rings. The van der Waals surface area contributed by atoms with Crippen molar-refractivity contribution in [2.45, 2.75) is 26.8 Å². The molecule has 19 heavy (non-hydrogen) atoms. The summed E-state index contributed by atoms with van der Waals surface area (Å²) in [5, 5.41) is 10.5. The molecule has 6 heteroatoms. The minimum atomic E-state index is -0.0208. The molecule has 2 heterocycles. The fourth-order valence-corrected chi connectivity index (χ4v) is 1.53. The van der Waals surface area contributed by atoms with Crippen LogP contribution in [0.2, 0.25) is 0 Å². The Morgan fingerprint density at radius 2 is 2.21 bits per heavy atom. The second-order valence-electron chi connectivity index (χ2n) is 4.59. The lowest BCUT2D eigenvalue weighted by molar-refractivity contribution is -0.122. The van der Waals surface area contributed by atoms with Crippen molar-refractivity contribution in [3.8, 4) is 11.6 Å². The van der Waals surface area contributed by atoms with Crippen LogP contribution in [0.5, 0.6) is 0 Å². The number of pyridine rings is 1. The molecule has 0 fully saturated rings. The van der Waals surface area contributed by atoms with Gasteiger partial charge in [-0.25, -0.2) is 0 Å². The highest BCUT2D eigenvalue weighted by Gasteiger charge is 2.10. The van der Waals surface area contributed by atoms with Gasteiger partial charge < -0.3 is 9.73 Å². The predicted octanol–water partition coefficient (Wildman–Crippen LogP) is 1.79. The molecule has 1 amide bonds. The highest BCUT2D eigenvalue weighted by Crippen LogP contribution is 2.13. The summed E-state index contributed by atoms with van der Waals surface area (Å²) in [6, 6.07) is 5.44. The smallest absolute Gasteiger partial charge is 0.266 e. The van der Waals surface area contributed by atoms with E-state index in [-0.39, 0.29) is 12.5 Å². The second-order valence-corrected chi connectivity index (χ2v) is 4.59. The van der Waals surface area contributed by atoms with Crippen molar-refractivity contribution in [1.82, 2.24) is 20.5 Å². The molecule has 100 valence electrons. The van der Waals surface area contributed by atoms with Gasteiger partial charge in [-0.3, -0.25) is 9.78 Å². The van der Waals surface area contributed by atoms with Crippen LogP contribution in [0.4, 0.5) is 0 Å². The Morgan fingerprint density at radius 1 is 1.37 bits per heavy atom. The maximum absolute atomic E-state index is 11.5. The van der Waals surface area contributed by atoms with E-state index >= 15 is 0 Å². The predicted molar refractivity (Wildman–Crippen MR) is 68.8 cm³/mol. The molecular weight excluding hydrogens is 244 g/mol. The minimum Gasteiger partial charge on any atom is -0.417 e. The van der Waals surface area contributed by atoms with Crippen LogP contribution in [0.15, 0.2) is 28.8 Å². The Balaban J connectivity index is 1.93. The number of amides is 1. The maximum Gasteiger partial charge on any atom is 0.266 e. The van der Waals surface area contributed by atoms with E-state index in [0.717, 1.165) is 0 Å². The van der Waals surface area contributed by atoms with Crippen molar-refractivity contribution in [3.63, 3.8) is 0 Å². The van der Waals surface area contributed by atoms with Crippen molar-refractivity contribution in [3.05, 3.63) is 30.3 Å². The minimum absolute atomic E-state index is 0.0208. The Hall–Kier alpha value is -2.24. The van der Waals surface area contributed by atoms with E-state index < -0.39 is 0 Å². The molecule has 1 N–H and O–H groups in total. The Bertz CT molecular complexity index is 537. The van der Waals surface area contributed by atoms with Crippen LogP contribution in [-0.2, 0) is 11.3 Å². The van der Waals surface area contributed by atoms with Gasteiger partial charge in [-0.2, -0.15) is 0 Å². The number of nitrogens with one attached hydrogen (secondary N) is 1. The fourth-order valence-electron chi connectivity index (χ4n) is 1.53. The molecule has 2 aromatic heterocycles. The van der Waals surface area contributed by atoms with E-state index in [1.54, 1.807) is 12.3 Å². The molecule has 0 spiro atoms. The summed E-state index contributed by atoms with van der Waals surface area (Å²) < 4.78 is 5.43. The number of carbonyl (C=O) groups is 1. The molecule has 0 aliphatic rings. The number of hydrogen-bond acceptors (Lipinski definition) is 5. The van der Waals surface area contributed by atoms with E-state index in [4.69, 9.17) is 4.42 Å². The Kier molecular flexibility index (Phi) is 4.22. The van der Waals surface area contributed by atoms with Gasteiger partial charge in [0, 0.05) is 12.6 Å². The standard InChI is InChI=1S/C13H16N4O2/c1-9(2)7-11(18)15-8-12-16-17-13(19-12)10-5-3-4-6-14-10/h3-6,9H,7-8H2,1-2H3,(H,15,18). The van der Waals surface area contributed by atoms with Crippen LogP contribution in [-0.4, -0.2) is 21.1 Å². The lowest BCUT2D eigenvalue weighted by atomic mass is 10.1. The molecule has 0 bridgehead atoms. The van der Waals surface area contributed by atoms with Crippen LogP contribution < -0.4 is 5.32 Å². The zero-order chi connectivity index (χ0) is 13.7. The number of hydrogen-bond donors (Lipinski definition) is 1. The third kappa shape index (κ3) is 3.87. The summed E-state index contributed by atoms with van der Waals surface area (Å²) in [4.78, 5) is 15.6. The zero-order valence-corrected chi connectivity index (χ0v) is 11.0. The highest BCUT2D eigenvalue weighted by atomic mass is 16.4. The molecule has 0 atom stereocenters. The summed E-state index contributed by atoms with van der Waals surface area (Å²) in [7, 11) is 0. The Labute approximate surface area is 111 Å². The summed E-state index contributed by atoms with van der Waals surface area (Å²) >= 11 is 0. The molecule has 6 nitrogen and oxygen atoms in total. The van der Waals surface area contributed by atoms with Gasteiger partial charge in [-0.05, 0) is 18.1 Å². The van der Waals surface area contributed by atoms with Crippen LogP contribution in [0.3, 0.4) is 0 Å². The normalized spacial score (nSPS) is 10.7. The summed E-state index contributed by atoms with van der Waals surface area (Å²) in [5.41, 5.74) is 0.620. The van der Waals surface area contributed by atoms with E-state index in [0.29, 0.717) is 29.8 Å². The summed E-state index contributed by atoms with van der Waals surface area (Å²) in [6.07, 6.45) is 2.14. The lowest BCUT2D eigenvalue weighted by Crippen LogP contribution is -2.24. The molecule has 0 radical (unpaired) electrons. The summed E-state index contributed by atoms with van der Waals surface area (Å²) in [6.45, 7) is 4.22. The van der Waals surface area contributed by atoms with Gasteiger partial charge in [-0.15, -0.1) is 10.2 Å². The lowest BCUT2D eigenvalue weighted by Gasteiger charge is -2.04. The van der Waals surface area contributed by atoms with E-state index in [1.165, 1.54) is 0 Å².